The molecule has 1 aromatic carbocycles. The minimum atomic E-state index is 0.322. The fourth-order valence-electron chi connectivity index (χ4n) is 1.81. The molecule has 0 amide bonds. The molecule has 0 bridgehead atoms. The summed E-state index contributed by atoms with van der Waals surface area (Å²) in [5.74, 6) is 1.64. The van der Waals surface area contributed by atoms with Crippen LogP contribution in [0.15, 0.2) is 24.3 Å². The first kappa shape index (κ1) is 13.0. The van der Waals surface area contributed by atoms with E-state index in [0.717, 1.165) is 30.1 Å². The molecule has 0 aliphatic carbocycles. The smallest absolute Gasteiger partial charge is 0.231 e. The summed E-state index contributed by atoms with van der Waals surface area (Å²) in [5.41, 5.74) is 1.11. The van der Waals surface area contributed by atoms with E-state index >= 15 is 0 Å². The second-order valence-electron chi connectivity index (χ2n) is 4.30. The normalized spacial score (nSPS) is 13.4. The Kier molecular flexibility index (Phi) is 5.09. The quantitative estimate of drug-likeness (QED) is 0.689. The second kappa shape index (κ2) is 7.07. The van der Waals surface area contributed by atoms with Crippen molar-refractivity contribution >= 4 is 6.08 Å². The molecule has 0 atom stereocenters. The van der Waals surface area contributed by atoms with Crippen LogP contribution in [0.25, 0.3) is 6.08 Å². The molecule has 0 fully saturated rings. The topological polar surface area (TPSA) is 27.7 Å². The fourth-order valence-corrected chi connectivity index (χ4v) is 1.81. The van der Waals surface area contributed by atoms with Gasteiger partial charge in [-0.1, -0.05) is 38.0 Å². The monoisotopic (exact) mass is 248 g/mol. The van der Waals surface area contributed by atoms with Crippen LogP contribution in [-0.4, -0.2) is 20.0 Å². The van der Waals surface area contributed by atoms with E-state index in [4.69, 9.17) is 14.2 Å². The zero-order valence-electron chi connectivity index (χ0n) is 10.9. The maximum Gasteiger partial charge on any atom is 0.231 e. The Morgan fingerprint density at radius 3 is 3.00 bits per heavy atom. The van der Waals surface area contributed by atoms with Gasteiger partial charge in [-0.15, -0.1) is 0 Å². The first-order valence-corrected chi connectivity index (χ1v) is 6.54. The van der Waals surface area contributed by atoms with E-state index in [-0.39, 0.29) is 0 Å². The Labute approximate surface area is 108 Å². The first-order chi connectivity index (χ1) is 8.90. The number of ether oxygens (including phenoxy) is 3. The fraction of sp³-hybridized carbons (Fsp3) is 0.467. The number of fused-ring (bicyclic) bond motifs is 1. The van der Waals surface area contributed by atoms with Crippen molar-refractivity contribution in [2.45, 2.75) is 26.2 Å². The van der Waals surface area contributed by atoms with Crippen LogP contribution in [0.3, 0.4) is 0 Å². The Morgan fingerprint density at radius 1 is 1.22 bits per heavy atom. The highest BCUT2D eigenvalue weighted by Gasteiger charge is 2.11. The van der Waals surface area contributed by atoms with Crippen LogP contribution in [0.5, 0.6) is 11.5 Å². The van der Waals surface area contributed by atoms with Gasteiger partial charge in [-0.3, -0.25) is 0 Å². The lowest BCUT2D eigenvalue weighted by Crippen LogP contribution is -1.93. The number of benzene rings is 1. The zero-order chi connectivity index (χ0) is 12.6. The molecular weight excluding hydrogens is 228 g/mol. The van der Waals surface area contributed by atoms with E-state index < -0.39 is 0 Å². The van der Waals surface area contributed by atoms with Crippen molar-refractivity contribution in [3.63, 3.8) is 0 Å². The van der Waals surface area contributed by atoms with Crippen molar-refractivity contribution in [3.8, 4) is 11.5 Å². The summed E-state index contributed by atoms with van der Waals surface area (Å²) in [5, 5.41) is 0. The SMILES string of the molecule is CCCCCOCC=Cc1ccc2c(c1)OCO2. The molecule has 1 aliphatic heterocycles. The van der Waals surface area contributed by atoms with E-state index in [0.29, 0.717) is 13.4 Å². The lowest BCUT2D eigenvalue weighted by molar-refractivity contribution is 0.158. The van der Waals surface area contributed by atoms with Crippen molar-refractivity contribution in [2.75, 3.05) is 20.0 Å². The average molecular weight is 248 g/mol. The van der Waals surface area contributed by atoms with Gasteiger partial charge in [0.15, 0.2) is 11.5 Å². The maximum absolute atomic E-state index is 5.51. The van der Waals surface area contributed by atoms with E-state index in [1.165, 1.54) is 12.8 Å². The number of rotatable bonds is 7. The third-order valence-electron chi connectivity index (χ3n) is 2.81. The summed E-state index contributed by atoms with van der Waals surface area (Å²) >= 11 is 0. The maximum atomic E-state index is 5.51. The standard InChI is InChI=1S/C15H20O3/c1-2-3-4-9-16-10-5-6-13-7-8-14-15(11-13)18-12-17-14/h5-8,11H,2-4,9-10,12H2,1H3. The summed E-state index contributed by atoms with van der Waals surface area (Å²) < 4.78 is 16.1. The van der Waals surface area contributed by atoms with E-state index in [1.807, 2.05) is 30.4 Å². The van der Waals surface area contributed by atoms with E-state index in [1.54, 1.807) is 0 Å². The molecular formula is C15H20O3. The van der Waals surface area contributed by atoms with Gasteiger partial charge in [-0.25, -0.2) is 0 Å². The van der Waals surface area contributed by atoms with Crippen molar-refractivity contribution in [3.05, 3.63) is 29.8 Å². The van der Waals surface area contributed by atoms with Gasteiger partial charge in [-0.2, -0.15) is 0 Å². The molecule has 0 N–H and O–H groups in total. The van der Waals surface area contributed by atoms with Gasteiger partial charge in [0.2, 0.25) is 6.79 Å². The summed E-state index contributed by atoms with van der Waals surface area (Å²) in [6.45, 7) is 4.03. The molecule has 0 spiro atoms. The summed E-state index contributed by atoms with van der Waals surface area (Å²) in [7, 11) is 0. The highest BCUT2D eigenvalue weighted by Crippen LogP contribution is 2.32. The van der Waals surface area contributed by atoms with Gasteiger partial charge in [0.25, 0.3) is 0 Å². The van der Waals surface area contributed by atoms with Crippen LogP contribution in [0, 0.1) is 0 Å². The highest BCUT2D eigenvalue weighted by molar-refractivity contribution is 5.56. The number of unbranched alkanes of at least 4 members (excludes halogenated alkanes) is 2. The van der Waals surface area contributed by atoms with Crippen LogP contribution >= 0.6 is 0 Å². The predicted molar refractivity (Wildman–Crippen MR) is 71.9 cm³/mol. The van der Waals surface area contributed by atoms with Crippen LogP contribution in [0.2, 0.25) is 0 Å². The second-order valence-corrected chi connectivity index (χ2v) is 4.30. The molecule has 98 valence electrons. The minimum Gasteiger partial charge on any atom is -0.454 e. The average Bonchev–Trinajstić information content (AvgIpc) is 2.85. The van der Waals surface area contributed by atoms with Gasteiger partial charge in [0, 0.05) is 6.61 Å². The van der Waals surface area contributed by atoms with Crippen LogP contribution in [0.4, 0.5) is 0 Å². The molecule has 3 heteroatoms. The third kappa shape index (κ3) is 3.77. The predicted octanol–water partition coefficient (Wildman–Crippen LogP) is 3.64. The Morgan fingerprint density at radius 2 is 2.11 bits per heavy atom. The minimum absolute atomic E-state index is 0.322. The van der Waals surface area contributed by atoms with Gasteiger partial charge in [0.1, 0.15) is 0 Å². The molecule has 1 aromatic rings. The van der Waals surface area contributed by atoms with E-state index in [9.17, 15) is 0 Å². The molecule has 0 radical (unpaired) electrons. The van der Waals surface area contributed by atoms with Crippen LogP contribution in [0.1, 0.15) is 31.7 Å². The Bertz CT molecular complexity index is 399. The Hall–Kier alpha value is -1.48. The third-order valence-corrected chi connectivity index (χ3v) is 2.81. The van der Waals surface area contributed by atoms with Crippen molar-refractivity contribution < 1.29 is 14.2 Å². The first-order valence-electron chi connectivity index (χ1n) is 6.54. The molecule has 18 heavy (non-hydrogen) atoms. The number of hydrogen-bond donors (Lipinski definition) is 0. The Balaban J connectivity index is 1.72. The zero-order valence-corrected chi connectivity index (χ0v) is 10.9. The van der Waals surface area contributed by atoms with Crippen molar-refractivity contribution in [1.29, 1.82) is 0 Å². The van der Waals surface area contributed by atoms with Crippen LogP contribution < -0.4 is 9.47 Å². The van der Waals surface area contributed by atoms with Crippen LogP contribution in [-0.2, 0) is 4.74 Å². The van der Waals surface area contributed by atoms with Gasteiger partial charge in [0.05, 0.1) is 6.61 Å². The molecule has 0 unspecified atom stereocenters. The lowest BCUT2D eigenvalue weighted by Gasteiger charge is -2.00. The van der Waals surface area contributed by atoms with Gasteiger partial charge < -0.3 is 14.2 Å². The highest BCUT2D eigenvalue weighted by atomic mass is 16.7. The van der Waals surface area contributed by atoms with Gasteiger partial charge in [-0.05, 0) is 24.1 Å². The lowest BCUT2D eigenvalue weighted by atomic mass is 10.2. The summed E-state index contributed by atoms with van der Waals surface area (Å²) in [4.78, 5) is 0. The molecule has 3 nitrogen and oxygen atoms in total. The summed E-state index contributed by atoms with van der Waals surface area (Å²) in [6, 6.07) is 5.93. The molecule has 0 saturated heterocycles. The molecule has 0 saturated carbocycles. The van der Waals surface area contributed by atoms with Gasteiger partial charge >= 0.3 is 0 Å². The van der Waals surface area contributed by atoms with E-state index in [2.05, 4.69) is 6.92 Å². The molecule has 1 aliphatic rings. The van der Waals surface area contributed by atoms with Crippen molar-refractivity contribution in [2.24, 2.45) is 0 Å². The summed E-state index contributed by atoms with van der Waals surface area (Å²) in [6.07, 6.45) is 7.70. The molecule has 1 heterocycles. The molecule has 2 rings (SSSR count). The van der Waals surface area contributed by atoms with Crippen molar-refractivity contribution in [1.82, 2.24) is 0 Å². The largest absolute Gasteiger partial charge is 0.454 e. The number of hydrogen-bond acceptors (Lipinski definition) is 3. The molecule has 0 aromatic heterocycles.